The lowest BCUT2D eigenvalue weighted by Crippen LogP contribution is -2.28. The van der Waals surface area contributed by atoms with Crippen LogP contribution in [0.25, 0.3) is 0 Å². The van der Waals surface area contributed by atoms with Gasteiger partial charge < -0.3 is 15.5 Å². The number of benzene rings is 2. The van der Waals surface area contributed by atoms with Crippen molar-refractivity contribution in [3.63, 3.8) is 0 Å². The first kappa shape index (κ1) is 19.5. The van der Waals surface area contributed by atoms with Gasteiger partial charge in [0, 0.05) is 31.3 Å². The van der Waals surface area contributed by atoms with Crippen LogP contribution in [0, 0.1) is 11.7 Å². The number of hydrogen-bond donors (Lipinski definition) is 2. The molecule has 28 heavy (non-hydrogen) atoms. The summed E-state index contributed by atoms with van der Waals surface area (Å²) in [6.45, 7) is 3.59. The average molecular weight is 383 g/mol. The van der Waals surface area contributed by atoms with Crippen LogP contribution in [-0.4, -0.2) is 24.3 Å². The Kier molecular flexibility index (Phi) is 5.73. The van der Waals surface area contributed by atoms with E-state index in [0.717, 1.165) is 17.7 Å². The number of nitrogens with zero attached hydrogens (tertiary/aromatic N) is 1. The molecule has 7 heteroatoms. The van der Waals surface area contributed by atoms with Crippen molar-refractivity contribution in [2.45, 2.75) is 26.7 Å². The molecule has 0 bridgehead atoms. The van der Waals surface area contributed by atoms with Gasteiger partial charge in [-0.3, -0.25) is 14.4 Å². The van der Waals surface area contributed by atoms with E-state index in [1.807, 2.05) is 31.2 Å². The molecule has 6 nitrogen and oxygen atoms in total. The summed E-state index contributed by atoms with van der Waals surface area (Å²) in [7, 11) is 0. The van der Waals surface area contributed by atoms with Crippen LogP contribution < -0.4 is 15.5 Å². The molecule has 2 N–H and O–H groups in total. The van der Waals surface area contributed by atoms with Gasteiger partial charge in [0.25, 0.3) is 0 Å². The van der Waals surface area contributed by atoms with Crippen LogP contribution in [0.4, 0.5) is 21.5 Å². The number of para-hydroxylation sites is 1. The number of halogens is 1. The first-order chi connectivity index (χ1) is 13.4. The minimum absolute atomic E-state index is 0.00806. The fourth-order valence-electron chi connectivity index (χ4n) is 3.32. The number of hydrogen-bond acceptors (Lipinski definition) is 3. The maximum absolute atomic E-state index is 13.8. The van der Waals surface area contributed by atoms with Gasteiger partial charge in [0.1, 0.15) is 5.82 Å². The van der Waals surface area contributed by atoms with E-state index in [-0.39, 0.29) is 23.9 Å². The SMILES string of the molecule is CCc1ccccc1N1CC(C(=O)Nc2ccc(F)c(NC(C)=O)c2)CC1=O. The summed E-state index contributed by atoms with van der Waals surface area (Å²) in [5, 5.41) is 5.09. The second kappa shape index (κ2) is 8.21. The highest BCUT2D eigenvalue weighted by molar-refractivity contribution is 6.04. The van der Waals surface area contributed by atoms with Gasteiger partial charge in [-0.2, -0.15) is 0 Å². The van der Waals surface area contributed by atoms with Crippen LogP contribution in [0.15, 0.2) is 42.5 Å². The van der Waals surface area contributed by atoms with Crippen molar-refractivity contribution in [3.8, 4) is 0 Å². The molecule has 0 aromatic heterocycles. The molecule has 146 valence electrons. The minimum Gasteiger partial charge on any atom is -0.326 e. The van der Waals surface area contributed by atoms with Gasteiger partial charge in [-0.1, -0.05) is 25.1 Å². The molecule has 1 fully saturated rings. The van der Waals surface area contributed by atoms with E-state index in [1.165, 1.54) is 25.1 Å². The molecule has 0 aliphatic carbocycles. The molecule has 1 aliphatic heterocycles. The highest BCUT2D eigenvalue weighted by atomic mass is 19.1. The van der Waals surface area contributed by atoms with E-state index in [0.29, 0.717) is 12.2 Å². The topological polar surface area (TPSA) is 78.5 Å². The van der Waals surface area contributed by atoms with Gasteiger partial charge in [-0.15, -0.1) is 0 Å². The third-order valence-corrected chi connectivity index (χ3v) is 4.70. The number of carbonyl (C=O) groups excluding carboxylic acids is 3. The summed E-state index contributed by atoms with van der Waals surface area (Å²) in [5.74, 6) is -1.92. The van der Waals surface area contributed by atoms with Crippen LogP contribution in [0.2, 0.25) is 0 Å². The maximum Gasteiger partial charge on any atom is 0.229 e. The molecule has 1 aliphatic rings. The quantitative estimate of drug-likeness (QED) is 0.831. The molecule has 3 rings (SSSR count). The predicted octanol–water partition coefficient (Wildman–Crippen LogP) is 3.34. The van der Waals surface area contributed by atoms with E-state index in [4.69, 9.17) is 0 Å². The fraction of sp³-hybridized carbons (Fsp3) is 0.286. The molecular weight excluding hydrogens is 361 g/mol. The Bertz CT molecular complexity index is 929. The third kappa shape index (κ3) is 4.19. The lowest BCUT2D eigenvalue weighted by molar-refractivity contribution is -0.122. The molecule has 1 saturated heterocycles. The normalized spacial score (nSPS) is 16.2. The van der Waals surface area contributed by atoms with E-state index in [2.05, 4.69) is 10.6 Å². The monoisotopic (exact) mass is 383 g/mol. The summed E-state index contributed by atoms with van der Waals surface area (Å²) in [6.07, 6.45) is 0.905. The molecule has 1 heterocycles. The largest absolute Gasteiger partial charge is 0.326 e. The number of nitrogens with one attached hydrogen (secondary N) is 2. The zero-order valence-corrected chi connectivity index (χ0v) is 15.8. The van der Waals surface area contributed by atoms with Gasteiger partial charge >= 0.3 is 0 Å². The highest BCUT2D eigenvalue weighted by Crippen LogP contribution is 2.29. The Morgan fingerprint density at radius 1 is 1.18 bits per heavy atom. The molecular formula is C21H22FN3O3. The maximum atomic E-state index is 13.8. The van der Waals surface area contributed by atoms with Crippen molar-refractivity contribution in [3.05, 3.63) is 53.8 Å². The number of amides is 3. The summed E-state index contributed by atoms with van der Waals surface area (Å²) < 4.78 is 13.8. The van der Waals surface area contributed by atoms with Crippen molar-refractivity contribution in [1.82, 2.24) is 0 Å². The number of aryl methyl sites for hydroxylation is 1. The number of carbonyl (C=O) groups is 3. The zero-order chi connectivity index (χ0) is 20.3. The Labute approximate surface area is 162 Å². The predicted molar refractivity (Wildman–Crippen MR) is 106 cm³/mol. The van der Waals surface area contributed by atoms with Crippen LogP contribution in [-0.2, 0) is 20.8 Å². The van der Waals surface area contributed by atoms with E-state index in [1.54, 1.807) is 4.90 Å². The molecule has 0 spiro atoms. The molecule has 1 atom stereocenters. The summed E-state index contributed by atoms with van der Waals surface area (Å²) in [5.41, 5.74) is 2.23. The molecule has 3 amide bonds. The fourth-order valence-corrected chi connectivity index (χ4v) is 3.32. The Hall–Kier alpha value is -3.22. The first-order valence-corrected chi connectivity index (χ1v) is 9.15. The van der Waals surface area contributed by atoms with Crippen molar-refractivity contribution in [1.29, 1.82) is 0 Å². The first-order valence-electron chi connectivity index (χ1n) is 9.15. The minimum atomic E-state index is -0.591. The van der Waals surface area contributed by atoms with Crippen LogP contribution in [0.1, 0.15) is 25.8 Å². The van der Waals surface area contributed by atoms with Gasteiger partial charge in [-0.05, 0) is 36.2 Å². The molecule has 0 radical (unpaired) electrons. The van der Waals surface area contributed by atoms with Crippen molar-refractivity contribution < 1.29 is 18.8 Å². The van der Waals surface area contributed by atoms with Gasteiger partial charge in [0.15, 0.2) is 0 Å². The van der Waals surface area contributed by atoms with Gasteiger partial charge in [-0.25, -0.2) is 4.39 Å². The Morgan fingerprint density at radius 3 is 2.64 bits per heavy atom. The van der Waals surface area contributed by atoms with Crippen LogP contribution in [0.5, 0.6) is 0 Å². The average Bonchev–Trinajstić information content (AvgIpc) is 3.05. The second-order valence-electron chi connectivity index (χ2n) is 6.75. The Morgan fingerprint density at radius 2 is 1.93 bits per heavy atom. The molecule has 2 aromatic carbocycles. The summed E-state index contributed by atoms with van der Waals surface area (Å²) in [6, 6.07) is 11.6. The Balaban J connectivity index is 1.72. The lowest BCUT2D eigenvalue weighted by Gasteiger charge is -2.20. The molecule has 0 saturated carbocycles. The van der Waals surface area contributed by atoms with Crippen LogP contribution >= 0.6 is 0 Å². The van der Waals surface area contributed by atoms with E-state index >= 15 is 0 Å². The van der Waals surface area contributed by atoms with E-state index < -0.39 is 17.6 Å². The second-order valence-corrected chi connectivity index (χ2v) is 6.75. The number of rotatable bonds is 5. The lowest BCUT2D eigenvalue weighted by atomic mass is 10.1. The zero-order valence-electron chi connectivity index (χ0n) is 15.8. The number of anilines is 3. The smallest absolute Gasteiger partial charge is 0.229 e. The van der Waals surface area contributed by atoms with Crippen LogP contribution in [0.3, 0.4) is 0 Å². The van der Waals surface area contributed by atoms with Gasteiger partial charge in [0.05, 0.1) is 11.6 Å². The van der Waals surface area contributed by atoms with Crippen molar-refractivity contribution >= 4 is 34.8 Å². The summed E-state index contributed by atoms with van der Waals surface area (Å²) >= 11 is 0. The molecule has 1 unspecified atom stereocenters. The highest BCUT2D eigenvalue weighted by Gasteiger charge is 2.35. The standard InChI is InChI=1S/C21H22FN3O3/c1-3-14-6-4-5-7-19(14)25-12-15(10-20(25)27)21(28)24-16-8-9-17(22)18(11-16)23-13(2)26/h4-9,11,15H,3,10,12H2,1-2H3,(H,23,26)(H,24,28). The molecule has 2 aromatic rings. The summed E-state index contributed by atoms with van der Waals surface area (Å²) in [4.78, 5) is 37.9. The van der Waals surface area contributed by atoms with Crippen molar-refractivity contribution in [2.24, 2.45) is 5.92 Å². The van der Waals surface area contributed by atoms with E-state index in [9.17, 15) is 18.8 Å². The third-order valence-electron chi connectivity index (χ3n) is 4.70. The van der Waals surface area contributed by atoms with Crippen molar-refractivity contribution in [2.75, 3.05) is 22.1 Å². The van der Waals surface area contributed by atoms with Gasteiger partial charge in [0.2, 0.25) is 17.7 Å².